The molecule has 4 rings (SSSR count). The Morgan fingerprint density at radius 3 is 2.64 bits per heavy atom. The van der Waals surface area contributed by atoms with E-state index in [4.69, 9.17) is 5.73 Å². The summed E-state index contributed by atoms with van der Waals surface area (Å²) in [6, 6.07) is 14.1. The van der Waals surface area contributed by atoms with Crippen molar-refractivity contribution in [2.75, 3.05) is 11.6 Å². The second-order valence-electron chi connectivity index (χ2n) is 5.96. The number of benzene rings is 2. The maximum Gasteiger partial charge on any atom is 0.338 e. The topological polar surface area (TPSA) is 49.6 Å². The molecule has 0 unspecified atom stereocenters. The van der Waals surface area contributed by atoms with Crippen LogP contribution >= 0.6 is 0 Å². The number of hydrogen-bond donors (Lipinski definition) is 1. The zero-order chi connectivity index (χ0) is 15.1. The summed E-state index contributed by atoms with van der Waals surface area (Å²) in [4.78, 5) is 12.0. The first-order valence-corrected chi connectivity index (χ1v) is 7.81. The van der Waals surface area contributed by atoms with E-state index in [1.807, 2.05) is 23.2 Å². The van der Waals surface area contributed by atoms with Gasteiger partial charge in [0.2, 0.25) is 0 Å². The van der Waals surface area contributed by atoms with Gasteiger partial charge in [-0.05, 0) is 42.7 Å². The molecule has 2 aliphatic rings. The van der Waals surface area contributed by atoms with Crippen molar-refractivity contribution >= 4 is 22.5 Å². The average molecular weight is 293 g/mol. The van der Waals surface area contributed by atoms with E-state index in [0.717, 1.165) is 42.6 Å². The number of fused-ring (bicyclic) bond motifs is 1. The van der Waals surface area contributed by atoms with Crippen LogP contribution in [0, 0.1) is 0 Å². The zero-order valence-electron chi connectivity index (χ0n) is 12.5. The molecule has 112 valence electrons. The van der Waals surface area contributed by atoms with Crippen LogP contribution in [0.2, 0.25) is 0 Å². The molecular formula is C18H19N3O. The molecule has 1 aliphatic heterocycles. The largest absolute Gasteiger partial charge is 0.350 e. The van der Waals surface area contributed by atoms with Gasteiger partial charge in [0.05, 0.1) is 12.2 Å². The van der Waals surface area contributed by atoms with Crippen molar-refractivity contribution in [3.8, 4) is 0 Å². The standard InChI is InChI=1S/C18H19N3O/c19-18(22)21-16-10-4-2-7-14(16)12-20(21)17-11-5-8-13-6-1-3-9-15(13)17/h1,3,5-6,8-9,11H,2,4,7,10,12H2,(H2,19,22). The number of carbonyl (C=O) groups is 1. The van der Waals surface area contributed by atoms with Crippen LogP contribution in [0.25, 0.3) is 10.8 Å². The molecule has 0 bridgehead atoms. The maximum absolute atomic E-state index is 12.0. The normalized spacial score (nSPS) is 18.0. The molecule has 22 heavy (non-hydrogen) atoms. The Labute approximate surface area is 129 Å². The molecule has 0 radical (unpaired) electrons. The summed E-state index contributed by atoms with van der Waals surface area (Å²) >= 11 is 0. The summed E-state index contributed by atoms with van der Waals surface area (Å²) < 4.78 is 0. The second kappa shape index (κ2) is 5.05. The highest BCUT2D eigenvalue weighted by molar-refractivity contribution is 5.95. The monoisotopic (exact) mass is 293 g/mol. The summed E-state index contributed by atoms with van der Waals surface area (Å²) in [5.74, 6) is 0. The van der Waals surface area contributed by atoms with Crippen LogP contribution in [0.3, 0.4) is 0 Å². The van der Waals surface area contributed by atoms with Crippen LogP contribution in [-0.4, -0.2) is 17.6 Å². The van der Waals surface area contributed by atoms with E-state index in [2.05, 4.69) is 24.3 Å². The lowest BCUT2D eigenvalue weighted by molar-refractivity contribution is 0.219. The fourth-order valence-electron chi connectivity index (χ4n) is 3.65. The van der Waals surface area contributed by atoms with Crippen molar-refractivity contribution in [2.24, 2.45) is 5.73 Å². The fraction of sp³-hybridized carbons (Fsp3) is 0.278. The second-order valence-corrected chi connectivity index (χ2v) is 5.96. The van der Waals surface area contributed by atoms with E-state index in [0.29, 0.717) is 0 Å². The van der Waals surface area contributed by atoms with Gasteiger partial charge < -0.3 is 5.73 Å². The van der Waals surface area contributed by atoms with E-state index in [1.165, 1.54) is 17.4 Å². The SMILES string of the molecule is NC(=O)N1C2=C(CCCC2)CN1c1cccc2ccccc12. The quantitative estimate of drug-likeness (QED) is 0.869. The van der Waals surface area contributed by atoms with Gasteiger partial charge in [0.1, 0.15) is 0 Å². The molecule has 2 amide bonds. The fourth-order valence-corrected chi connectivity index (χ4v) is 3.65. The number of nitrogens with two attached hydrogens (primary N) is 1. The number of nitrogens with zero attached hydrogens (tertiary/aromatic N) is 2. The number of amides is 2. The smallest absolute Gasteiger partial charge is 0.338 e. The Morgan fingerprint density at radius 1 is 1.00 bits per heavy atom. The van der Waals surface area contributed by atoms with Gasteiger partial charge in [-0.2, -0.15) is 0 Å². The predicted molar refractivity (Wildman–Crippen MR) is 88.2 cm³/mol. The van der Waals surface area contributed by atoms with E-state index in [1.54, 1.807) is 5.01 Å². The summed E-state index contributed by atoms with van der Waals surface area (Å²) in [6.45, 7) is 0.770. The van der Waals surface area contributed by atoms with Gasteiger partial charge in [-0.1, -0.05) is 36.4 Å². The van der Waals surface area contributed by atoms with Gasteiger partial charge in [-0.15, -0.1) is 0 Å². The van der Waals surface area contributed by atoms with Crippen molar-refractivity contribution in [3.05, 3.63) is 53.7 Å². The molecule has 2 aromatic carbocycles. The summed E-state index contributed by atoms with van der Waals surface area (Å²) in [6.07, 6.45) is 4.35. The van der Waals surface area contributed by atoms with Gasteiger partial charge in [-0.3, -0.25) is 5.01 Å². The molecule has 0 fully saturated rings. The summed E-state index contributed by atoms with van der Waals surface area (Å²) in [5.41, 5.74) is 9.21. The van der Waals surface area contributed by atoms with Crippen molar-refractivity contribution in [2.45, 2.75) is 25.7 Å². The molecule has 4 heteroatoms. The van der Waals surface area contributed by atoms with E-state index in [-0.39, 0.29) is 6.03 Å². The van der Waals surface area contributed by atoms with E-state index >= 15 is 0 Å². The average Bonchev–Trinajstić information content (AvgIpc) is 2.93. The van der Waals surface area contributed by atoms with E-state index < -0.39 is 0 Å². The third-order valence-corrected chi connectivity index (χ3v) is 4.64. The van der Waals surface area contributed by atoms with Crippen molar-refractivity contribution in [1.29, 1.82) is 0 Å². The van der Waals surface area contributed by atoms with Gasteiger partial charge >= 0.3 is 6.03 Å². The first kappa shape index (κ1) is 13.2. The van der Waals surface area contributed by atoms with Crippen LogP contribution in [-0.2, 0) is 0 Å². The Kier molecular flexibility index (Phi) is 3.03. The molecule has 0 atom stereocenters. The third-order valence-electron chi connectivity index (χ3n) is 4.64. The number of urea groups is 1. The lowest BCUT2D eigenvalue weighted by Gasteiger charge is -2.31. The number of hydrogen-bond acceptors (Lipinski definition) is 2. The zero-order valence-corrected chi connectivity index (χ0v) is 12.5. The third kappa shape index (κ3) is 1.95. The Bertz CT molecular complexity index is 776. The lowest BCUT2D eigenvalue weighted by Crippen LogP contribution is -2.45. The number of anilines is 1. The van der Waals surface area contributed by atoms with Gasteiger partial charge in [0.25, 0.3) is 0 Å². The van der Waals surface area contributed by atoms with Crippen LogP contribution in [0.5, 0.6) is 0 Å². The van der Waals surface area contributed by atoms with Gasteiger partial charge in [0.15, 0.2) is 0 Å². The van der Waals surface area contributed by atoms with Crippen molar-refractivity contribution in [3.63, 3.8) is 0 Å². The molecule has 1 heterocycles. The maximum atomic E-state index is 12.0. The molecule has 1 aliphatic carbocycles. The number of primary amides is 1. The molecule has 0 spiro atoms. The minimum atomic E-state index is -0.389. The molecule has 0 saturated carbocycles. The van der Waals surface area contributed by atoms with Crippen LogP contribution in [0.4, 0.5) is 10.5 Å². The predicted octanol–water partition coefficient (Wildman–Crippen LogP) is 3.78. The number of allylic oxidation sites excluding steroid dienone is 1. The highest BCUT2D eigenvalue weighted by atomic mass is 16.2. The Morgan fingerprint density at radius 2 is 1.77 bits per heavy atom. The highest BCUT2D eigenvalue weighted by Crippen LogP contribution is 2.39. The molecular weight excluding hydrogens is 274 g/mol. The Balaban J connectivity index is 1.83. The van der Waals surface area contributed by atoms with Crippen molar-refractivity contribution < 1.29 is 4.79 Å². The Hall–Kier alpha value is -2.49. The number of carbonyl (C=O) groups excluding carboxylic acids is 1. The lowest BCUT2D eigenvalue weighted by atomic mass is 9.97. The van der Waals surface area contributed by atoms with Crippen LogP contribution in [0.1, 0.15) is 25.7 Å². The number of rotatable bonds is 1. The molecule has 0 aromatic heterocycles. The van der Waals surface area contributed by atoms with Crippen molar-refractivity contribution in [1.82, 2.24) is 5.01 Å². The minimum absolute atomic E-state index is 0.389. The van der Waals surface area contributed by atoms with Crippen LogP contribution < -0.4 is 10.7 Å². The molecule has 2 aromatic rings. The molecule has 0 saturated heterocycles. The van der Waals surface area contributed by atoms with Crippen LogP contribution in [0.15, 0.2) is 53.7 Å². The van der Waals surface area contributed by atoms with Gasteiger partial charge in [-0.25, -0.2) is 9.80 Å². The first-order chi connectivity index (χ1) is 10.8. The summed E-state index contributed by atoms with van der Waals surface area (Å²) in [5, 5.41) is 6.06. The van der Waals surface area contributed by atoms with E-state index in [9.17, 15) is 4.79 Å². The minimum Gasteiger partial charge on any atom is -0.350 e. The first-order valence-electron chi connectivity index (χ1n) is 7.81. The summed E-state index contributed by atoms with van der Waals surface area (Å²) in [7, 11) is 0. The molecule has 4 nitrogen and oxygen atoms in total. The highest BCUT2D eigenvalue weighted by Gasteiger charge is 2.35. The van der Waals surface area contributed by atoms with Gasteiger partial charge in [0, 0.05) is 11.1 Å². The number of hydrazine groups is 1. The molecule has 2 N–H and O–H groups in total.